The predicted octanol–water partition coefficient (Wildman–Crippen LogP) is 3.35. The first-order chi connectivity index (χ1) is 10.7. The number of aromatic nitrogens is 1. The van der Waals surface area contributed by atoms with Crippen molar-refractivity contribution in [2.45, 2.75) is 39.5 Å². The molecule has 1 aromatic rings. The Labute approximate surface area is 157 Å². The van der Waals surface area contributed by atoms with E-state index in [4.69, 9.17) is 4.74 Å². The lowest BCUT2D eigenvalue weighted by molar-refractivity contribution is -0.154. The first-order valence-electron chi connectivity index (χ1n) is 7.33. The topological polar surface area (TPSA) is 58.5 Å². The molecule has 0 bridgehead atoms. The Kier molecular flexibility index (Phi) is 10.0. The third-order valence-corrected chi connectivity index (χ3v) is 3.26. The monoisotopic (exact) mass is 460 g/mol. The van der Waals surface area contributed by atoms with Gasteiger partial charge in [-0.3, -0.25) is 4.99 Å². The number of hydrogen-bond donors (Lipinski definition) is 2. The quantitative estimate of drug-likeness (QED) is 0.389. The van der Waals surface area contributed by atoms with Crippen LogP contribution in [0.3, 0.4) is 0 Å². The summed E-state index contributed by atoms with van der Waals surface area (Å²) >= 11 is 0. The standard InChI is InChI=1S/C15H23F3N4O.HI/c1-10(2)11(3)22-14(19-4)21-8-12-6-5-7-20-13(12)23-9-15(16,17)18;/h5-7,10-11H,8-9H2,1-4H3,(H2,19,21,22);1H. The lowest BCUT2D eigenvalue weighted by Gasteiger charge is -2.21. The third-order valence-electron chi connectivity index (χ3n) is 3.26. The van der Waals surface area contributed by atoms with Crippen LogP contribution in [0.15, 0.2) is 23.3 Å². The molecule has 0 spiro atoms. The molecule has 0 amide bonds. The number of aliphatic imine (C=N–C) groups is 1. The Morgan fingerprint density at radius 1 is 1.33 bits per heavy atom. The number of nitrogens with zero attached hydrogens (tertiary/aromatic N) is 2. The summed E-state index contributed by atoms with van der Waals surface area (Å²) in [5.74, 6) is 0.944. The van der Waals surface area contributed by atoms with Crippen molar-refractivity contribution in [3.05, 3.63) is 23.9 Å². The second-order valence-corrected chi connectivity index (χ2v) is 5.47. The average Bonchev–Trinajstić information content (AvgIpc) is 2.49. The van der Waals surface area contributed by atoms with Crippen molar-refractivity contribution >= 4 is 29.9 Å². The van der Waals surface area contributed by atoms with Crippen LogP contribution >= 0.6 is 24.0 Å². The number of nitrogens with one attached hydrogen (secondary N) is 2. The van der Waals surface area contributed by atoms with Crippen LogP contribution in [0.1, 0.15) is 26.3 Å². The Bertz CT molecular complexity index is 524. The first kappa shape index (κ1) is 22.7. The molecule has 24 heavy (non-hydrogen) atoms. The van der Waals surface area contributed by atoms with Gasteiger partial charge in [-0.1, -0.05) is 19.9 Å². The van der Waals surface area contributed by atoms with Crippen molar-refractivity contribution in [3.63, 3.8) is 0 Å². The molecule has 5 nitrogen and oxygen atoms in total. The van der Waals surface area contributed by atoms with E-state index in [-0.39, 0.29) is 42.4 Å². The molecule has 1 unspecified atom stereocenters. The minimum absolute atomic E-state index is 0. The molecule has 0 radical (unpaired) electrons. The first-order valence-corrected chi connectivity index (χ1v) is 7.33. The highest BCUT2D eigenvalue weighted by molar-refractivity contribution is 14.0. The zero-order valence-electron chi connectivity index (χ0n) is 14.1. The van der Waals surface area contributed by atoms with Crippen molar-refractivity contribution in [1.82, 2.24) is 15.6 Å². The lowest BCUT2D eigenvalue weighted by Crippen LogP contribution is -2.43. The van der Waals surface area contributed by atoms with E-state index >= 15 is 0 Å². The second-order valence-electron chi connectivity index (χ2n) is 5.47. The van der Waals surface area contributed by atoms with E-state index < -0.39 is 12.8 Å². The van der Waals surface area contributed by atoms with Crippen LogP contribution in [0.4, 0.5) is 13.2 Å². The minimum atomic E-state index is -4.40. The summed E-state index contributed by atoms with van der Waals surface area (Å²) < 4.78 is 41.5. The van der Waals surface area contributed by atoms with E-state index in [1.165, 1.54) is 6.20 Å². The maximum atomic E-state index is 12.3. The summed E-state index contributed by atoms with van der Waals surface area (Å²) in [6.07, 6.45) is -3.00. The largest absolute Gasteiger partial charge is 0.468 e. The van der Waals surface area contributed by atoms with Crippen molar-refractivity contribution in [2.75, 3.05) is 13.7 Å². The van der Waals surface area contributed by atoms with Crippen LogP contribution < -0.4 is 15.4 Å². The molecule has 0 fully saturated rings. The summed E-state index contributed by atoms with van der Waals surface area (Å²) in [7, 11) is 1.63. The molecule has 1 heterocycles. The molecular formula is C15H24F3IN4O. The van der Waals surface area contributed by atoms with Crippen molar-refractivity contribution in [3.8, 4) is 5.88 Å². The summed E-state index contributed by atoms with van der Waals surface area (Å²) in [5.41, 5.74) is 0.525. The second kappa shape index (κ2) is 10.6. The number of alkyl halides is 3. The molecule has 1 aromatic heterocycles. The van der Waals surface area contributed by atoms with Gasteiger partial charge in [-0.25, -0.2) is 4.98 Å². The summed E-state index contributed by atoms with van der Waals surface area (Å²) in [5, 5.41) is 6.26. The van der Waals surface area contributed by atoms with Gasteiger partial charge < -0.3 is 15.4 Å². The Hall–Kier alpha value is -1.26. The van der Waals surface area contributed by atoms with E-state index in [2.05, 4.69) is 34.5 Å². The Balaban J connectivity index is 0.00000529. The lowest BCUT2D eigenvalue weighted by atomic mass is 10.1. The molecule has 0 saturated heterocycles. The van der Waals surface area contributed by atoms with Crippen molar-refractivity contribution < 1.29 is 17.9 Å². The fourth-order valence-electron chi connectivity index (χ4n) is 1.59. The summed E-state index contributed by atoms with van der Waals surface area (Å²) in [6, 6.07) is 3.51. The van der Waals surface area contributed by atoms with Crippen LogP contribution in [0.5, 0.6) is 5.88 Å². The van der Waals surface area contributed by atoms with Gasteiger partial charge in [0.05, 0.1) is 0 Å². The average molecular weight is 460 g/mol. The molecule has 0 saturated carbocycles. The maximum absolute atomic E-state index is 12.3. The van der Waals surface area contributed by atoms with Gasteiger partial charge in [-0.15, -0.1) is 24.0 Å². The number of pyridine rings is 1. The summed E-state index contributed by atoms with van der Waals surface area (Å²) in [4.78, 5) is 7.95. The molecule has 0 aliphatic heterocycles. The number of guanidine groups is 1. The van der Waals surface area contributed by atoms with Crippen LogP contribution in [-0.4, -0.2) is 36.8 Å². The fraction of sp³-hybridized carbons (Fsp3) is 0.600. The molecule has 1 atom stereocenters. The van der Waals surface area contributed by atoms with Gasteiger partial charge in [0.2, 0.25) is 5.88 Å². The van der Waals surface area contributed by atoms with E-state index in [0.29, 0.717) is 17.4 Å². The van der Waals surface area contributed by atoms with Gasteiger partial charge in [-0.05, 0) is 18.9 Å². The zero-order valence-corrected chi connectivity index (χ0v) is 16.5. The number of hydrogen-bond acceptors (Lipinski definition) is 3. The SMILES string of the molecule is CN=C(NCc1cccnc1OCC(F)(F)F)NC(C)C(C)C.I. The Morgan fingerprint density at radius 2 is 2.00 bits per heavy atom. The molecule has 2 N–H and O–H groups in total. The van der Waals surface area contributed by atoms with E-state index in [1.807, 2.05) is 6.92 Å². The molecule has 9 heteroatoms. The van der Waals surface area contributed by atoms with Gasteiger partial charge in [0.1, 0.15) is 0 Å². The number of ether oxygens (including phenoxy) is 1. The molecular weight excluding hydrogens is 436 g/mol. The van der Waals surface area contributed by atoms with Gasteiger partial charge in [-0.2, -0.15) is 13.2 Å². The number of halogens is 4. The van der Waals surface area contributed by atoms with Gasteiger partial charge >= 0.3 is 6.18 Å². The van der Waals surface area contributed by atoms with E-state index in [0.717, 1.165) is 0 Å². The predicted molar refractivity (Wildman–Crippen MR) is 98.8 cm³/mol. The molecule has 0 aromatic carbocycles. The van der Waals surface area contributed by atoms with Crippen molar-refractivity contribution in [1.29, 1.82) is 0 Å². The molecule has 138 valence electrons. The fourth-order valence-corrected chi connectivity index (χ4v) is 1.59. The number of rotatable bonds is 6. The van der Waals surface area contributed by atoms with Gasteiger partial charge in [0, 0.05) is 31.4 Å². The van der Waals surface area contributed by atoms with Crippen LogP contribution in [0.25, 0.3) is 0 Å². The summed E-state index contributed by atoms with van der Waals surface area (Å²) in [6.45, 7) is 5.07. The molecule has 0 aliphatic rings. The van der Waals surface area contributed by atoms with E-state index in [1.54, 1.807) is 19.2 Å². The smallest absolute Gasteiger partial charge is 0.422 e. The highest BCUT2D eigenvalue weighted by atomic mass is 127. The zero-order chi connectivity index (χ0) is 17.5. The maximum Gasteiger partial charge on any atom is 0.422 e. The normalized spacial score (nSPS) is 13.2. The third kappa shape index (κ3) is 8.55. The van der Waals surface area contributed by atoms with Gasteiger partial charge in [0.25, 0.3) is 0 Å². The van der Waals surface area contributed by atoms with Crippen LogP contribution in [0, 0.1) is 5.92 Å². The van der Waals surface area contributed by atoms with Crippen LogP contribution in [-0.2, 0) is 6.54 Å². The highest BCUT2D eigenvalue weighted by Gasteiger charge is 2.29. The molecule has 1 rings (SSSR count). The van der Waals surface area contributed by atoms with Crippen LogP contribution in [0.2, 0.25) is 0 Å². The highest BCUT2D eigenvalue weighted by Crippen LogP contribution is 2.19. The minimum Gasteiger partial charge on any atom is -0.468 e. The van der Waals surface area contributed by atoms with Gasteiger partial charge in [0.15, 0.2) is 12.6 Å². The van der Waals surface area contributed by atoms with Crippen molar-refractivity contribution in [2.24, 2.45) is 10.9 Å². The van der Waals surface area contributed by atoms with E-state index in [9.17, 15) is 13.2 Å². The molecule has 0 aliphatic carbocycles. The Morgan fingerprint density at radius 3 is 2.54 bits per heavy atom.